The number of rotatable bonds is 6. The summed E-state index contributed by atoms with van der Waals surface area (Å²) in [6.45, 7) is 17.3. The molecule has 0 aromatic carbocycles. The lowest BCUT2D eigenvalue weighted by Gasteiger charge is -2.42. The lowest BCUT2D eigenvalue weighted by atomic mass is 9.68. The van der Waals surface area contributed by atoms with Crippen molar-refractivity contribution in [3.63, 3.8) is 0 Å². The summed E-state index contributed by atoms with van der Waals surface area (Å²) in [6, 6.07) is 0. The molecule has 0 aromatic rings. The van der Waals surface area contributed by atoms with Gasteiger partial charge in [-0.2, -0.15) is 0 Å². The van der Waals surface area contributed by atoms with E-state index in [-0.39, 0.29) is 6.10 Å². The fraction of sp³-hybridized carbons (Fsp3) is 1.00. The number of aliphatic hydroxyl groups is 1. The molecule has 2 nitrogen and oxygen atoms in total. The van der Waals surface area contributed by atoms with Crippen LogP contribution in [0.3, 0.4) is 0 Å². The number of hydrogen-bond acceptors (Lipinski definition) is 2. The maximum Gasteiger partial charge on any atom is 0.0580 e. The lowest BCUT2D eigenvalue weighted by molar-refractivity contribution is 0.00221. The predicted molar refractivity (Wildman–Crippen MR) is 87.9 cm³/mol. The lowest BCUT2D eigenvalue weighted by Crippen LogP contribution is -2.42. The number of hydrogen-bond donors (Lipinski definition) is 1. The monoisotopic (exact) mass is 283 g/mol. The Hall–Kier alpha value is -0.0800. The van der Waals surface area contributed by atoms with Gasteiger partial charge in [0.15, 0.2) is 0 Å². The van der Waals surface area contributed by atoms with Gasteiger partial charge in [-0.3, -0.25) is 0 Å². The minimum atomic E-state index is -0.0837. The van der Waals surface area contributed by atoms with Gasteiger partial charge in [0.25, 0.3) is 0 Å². The van der Waals surface area contributed by atoms with Gasteiger partial charge in [0.2, 0.25) is 0 Å². The highest BCUT2D eigenvalue weighted by molar-refractivity contribution is 4.87. The molecule has 0 aromatic heterocycles. The first-order chi connectivity index (χ1) is 9.27. The molecule has 0 radical (unpaired) electrons. The zero-order valence-electron chi connectivity index (χ0n) is 14.7. The van der Waals surface area contributed by atoms with Gasteiger partial charge in [0.1, 0.15) is 0 Å². The van der Waals surface area contributed by atoms with Gasteiger partial charge < -0.3 is 10.0 Å². The summed E-state index contributed by atoms with van der Waals surface area (Å²) in [7, 11) is 0. The van der Waals surface area contributed by atoms with Gasteiger partial charge in [0, 0.05) is 13.1 Å². The van der Waals surface area contributed by atoms with Gasteiger partial charge in [-0.15, -0.1) is 0 Å². The van der Waals surface area contributed by atoms with Crippen LogP contribution in [0.4, 0.5) is 0 Å². The van der Waals surface area contributed by atoms with E-state index < -0.39 is 0 Å². The van der Waals surface area contributed by atoms with Gasteiger partial charge in [-0.25, -0.2) is 0 Å². The normalized spacial score (nSPS) is 29.7. The van der Waals surface area contributed by atoms with Crippen LogP contribution in [0, 0.1) is 23.2 Å². The van der Waals surface area contributed by atoms with Crippen LogP contribution in [0.5, 0.6) is 0 Å². The molecule has 0 aliphatic heterocycles. The minimum Gasteiger partial charge on any atom is -0.393 e. The van der Waals surface area contributed by atoms with Crippen LogP contribution in [-0.2, 0) is 0 Å². The van der Waals surface area contributed by atoms with Crippen molar-refractivity contribution in [3.8, 4) is 0 Å². The van der Waals surface area contributed by atoms with Crippen molar-refractivity contribution >= 4 is 0 Å². The van der Waals surface area contributed by atoms with Crippen LogP contribution in [0.15, 0.2) is 0 Å². The van der Waals surface area contributed by atoms with Crippen molar-refractivity contribution < 1.29 is 5.11 Å². The Morgan fingerprint density at radius 1 is 1.20 bits per heavy atom. The second-order valence-corrected chi connectivity index (χ2v) is 8.07. The van der Waals surface area contributed by atoms with Crippen molar-refractivity contribution in [1.29, 1.82) is 0 Å². The fourth-order valence-electron chi connectivity index (χ4n) is 3.47. The van der Waals surface area contributed by atoms with Crippen molar-refractivity contribution in [2.24, 2.45) is 23.2 Å². The summed E-state index contributed by atoms with van der Waals surface area (Å²) in [5, 5.41) is 10.4. The SMILES string of the molecule is CCC(C)CN(CC)CC1CC(C(C)(C)C)CCC1O. The Morgan fingerprint density at radius 3 is 2.35 bits per heavy atom. The molecule has 2 heteroatoms. The Kier molecular flexibility index (Phi) is 7.00. The third kappa shape index (κ3) is 5.37. The highest BCUT2D eigenvalue weighted by Crippen LogP contribution is 2.40. The van der Waals surface area contributed by atoms with E-state index in [1.54, 1.807) is 0 Å². The van der Waals surface area contributed by atoms with Crippen molar-refractivity contribution in [2.75, 3.05) is 19.6 Å². The second-order valence-electron chi connectivity index (χ2n) is 8.07. The zero-order chi connectivity index (χ0) is 15.3. The summed E-state index contributed by atoms with van der Waals surface area (Å²) in [5.41, 5.74) is 0.381. The summed E-state index contributed by atoms with van der Waals surface area (Å²) < 4.78 is 0. The molecule has 1 aliphatic rings. The van der Waals surface area contributed by atoms with E-state index in [9.17, 15) is 5.11 Å². The largest absolute Gasteiger partial charge is 0.393 e. The van der Waals surface area contributed by atoms with Gasteiger partial charge in [-0.1, -0.05) is 48.0 Å². The summed E-state index contributed by atoms with van der Waals surface area (Å²) in [5.74, 6) is 1.99. The molecule has 4 unspecified atom stereocenters. The summed E-state index contributed by atoms with van der Waals surface area (Å²) in [4.78, 5) is 2.55. The standard InChI is InChI=1S/C18H37NO/c1-7-14(3)12-19(8-2)13-15-11-16(18(4,5)6)9-10-17(15)20/h14-17,20H,7-13H2,1-6H3. The molecule has 0 spiro atoms. The highest BCUT2D eigenvalue weighted by atomic mass is 16.3. The van der Waals surface area contributed by atoms with E-state index >= 15 is 0 Å². The van der Waals surface area contributed by atoms with E-state index in [0.717, 1.165) is 31.3 Å². The molecule has 0 heterocycles. The maximum atomic E-state index is 10.4. The zero-order valence-corrected chi connectivity index (χ0v) is 14.7. The fourth-order valence-corrected chi connectivity index (χ4v) is 3.47. The van der Waals surface area contributed by atoms with E-state index in [4.69, 9.17) is 0 Å². The Labute approximate surface area is 126 Å². The highest BCUT2D eigenvalue weighted by Gasteiger charge is 2.35. The molecule has 0 saturated heterocycles. The third-order valence-electron chi connectivity index (χ3n) is 5.37. The topological polar surface area (TPSA) is 23.5 Å². The third-order valence-corrected chi connectivity index (χ3v) is 5.37. The molecular formula is C18H37NO. The Morgan fingerprint density at radius 2 is 1.85 bits per heavy atom. The molecule has 1 N–H and O–H groups in total. The second kappa shape index (κ2) is 7.79. The van der Waals surface area contributed by atoms with Crippen molar-refractivity contribution in [1.82, 2.24) is 4.90 Å². The first-order valence-electron chi connectivity index (χ1n) is 8.68. The summed E-state index contributed by atoms with van der Waals surface area (Å²) >= 11 is 0. The van der Waals surface area contributed by atoms with E-state index in [2.05, 4.69) is 46.4 Å². The van der Waals surface area contributed by atoms with Gasteiger partial charge in [-0.05, 0) is 49.0 Å². The van der Waals surface area contributed by atoms with Crippen molar-refractivity contribution in [3.05, 3.63) is 0 Å². The quantitative estimate of drug-likeness (QED) is 0.790. The van der Waals surface area contributed by atoms with Gasteiger partial charge >= 0.3 is 0 Å². The number of aliphatic hydroxyl groups excluding tert-OH is 1. The molecule has 1 fully saturated rings. The van der Waals surface area contributed by atoms with Crippen LogP contribution < -0.4 is 0 Å². The molecule has 20 heavy (non-hydrogen) atoms. The summed E-state index contributed by atoms with van der Waals surface area (Å²) in [6.07, 6.45) is 4.54. The van der Waals surface area contributed by atoms with Crippen LogP contribution in [-0.4, -0.2) is 35.7 Å². The molecule has 4 atom stereocenters. The van der Waals surface area contributed by atoms with E-state index in [0.29, 0.717) is 11.3 Å². The molecule has 0 amide bonds. The maximum absolute atomic E-state index is 10.4. The average molecular weight is 283 g/mol. The predicted octanol–water partition coefficient (Wildman–Crippen LogP) is 4.18. The molecule has 0 bridgehead atoms. The average Bonchev–Trinajstić information content (AvgIpc) is 2.38. The Bertz CT molecular complexity index is 271. The van der Waals surface area contributed by atoms with Crippen LogP contribution in [0.25, 0.3) is 0 Å². The smallest absolute Gasteiger partial charge is 0.0580 e. The van der Waals surface area contributed by atoms with E-state index in [1.807, 2.05) is 0 Å². The van der Waals surface area contributed by atoms with E-state index in [1.165, 1.54) is 25.8 Å². The van der Waals surface area contributed by atoms with Crippen molar-refractivity contribution in [2.45, 2.75) is 73.3 Å². The van der Waals surface area contributed by atoms with Gasteiger partial charge in [0.05, 0.1) is 6.10 Å². The van der Waals surface area contributed by atoms with Crippen LogP contribution in [0.2, 0.25) is 0 Å². The Balaban J connectivity index is 2.58. The van der Waals surface area contributed by atoms with Crippen LogP contribution in [0.1, 0.15) is 67.2 Å². The minimum absolute atomic E-state index is 0.0837. The molecule has 1 aliphatic carbocycles. The molecule has 120 valence electrons. The molecular weight excluding hydrogens is 246 g/mol. The number of nitrogens with zero attached hydrogens (tertiary/aromatic N) is 1. The first kappa shape index (κ1) is 18.0. The first-order valence-corrected chi connectivity index (χ1v) is 8.68. The molecule has 1 saturated carbocycles. The molecule has 1 rings (SSSR count). The van der Waals surface area contributed by atoms with Crippen LogP contribution >= 0.6 is 0 Å².